The van der Waals surface area contributed by atoms with Crippen molar-refractivity contribution in [3.63, 3.8) is 0 Å². The van der Waals surface area contributed by atoms with E-state index in [0.29, 0.717) is 53.1 Å². The number of azo groups is 3. The van der Waals surface area contributed by atoms with Gasteiger partial charge in [-0.3, -0.25) is 4.79 Å². The molecule has 0 atom stereocenters. The van der Waals surface area contributed by atoms with Gasteiger partial charge in [0.2, 0.25) is 0 Å². The van der Waals surface area contributed by atoms with Crippen LogP contribution in [0.2, 0.25) is 0 Å². The molecular weight excluding hydrogens is 715 g/mol. The molecule has 304 valence electrons. The van der Waals surface area contributed by atoms with E-state index in [0.717, 1.165) is 30.8 Å². The van der Waals surface area contributed by atoms with E-state index in [9.17, 15) is 4.79 Å². The number of ether oxygens (including phenoxy) is 3. The number of rotatable bonds is 25. The Morgan fingerprint density at radius 2 is 1.00 bits per heavy atom. The Hall–Kier alpha value is -5.45. The van der Waals surface area contributed by atoms with E-state index < -0.39 is 5.41 Å². The van der Waals surface area contributed by atoms with E-state index in [-0.39, 0.29) is 5.97 Å². The molecule has 4 aromatic rings. The van der Waals surface area contributed by atoms with Crippen molar-refractivity contribution in [3.05, 3.63) is 91.0 Å². The highest BCUT2D eigenvalue weighted by molar-refractivity contribution is 5.75. The van der Waals surface area contributed by atoms with Gasteiger partial charge in [-0.15, -0.1) is 10.2 Å². The monoisotopic (exact) mass is 775 g/mol. The number of carbonyl (C=O) groups is 1. The largest absolute Gasteiger partial charge is 0.494 e. The molecule has 0 aliphatic rings. The van der Waals surface area contributed by atoms with Crippen LogP contribution in [0.5, 0.6) is 11.5 Å². The summed E-state index contributed by atoms with van der Waals surface area (Å²) in [4.78, 5) is 15.0. The molecule has 0 saturated carbocycles. The predicted molar refractivity (Wildman–Crippen MR) is 230 cm³/mol. The number of anilines is 1. The van der Waals surface area contributed by atoms with Gasteiger partial charge in [-0.2, -0.15) is 20.5 Å². The zero-order valence-corrected chi connectivity index (χ0v) is 34.8. The van der Waals surface area contributed by atoms with E-state index >= 15 is 0 Å². The van der Waals surface area contributed by atoms with Gasteiger partial charge in [0.1, 0.15) is 29.5 Å². The van der Waals surface area contributed by atoms with Gasteiger partial charge in [-0.05, 0) is 87.4 Å². The lowest BCUT2D eigenvalue weighted by Gasteiger charge is -2.26. The summed E-state index contributed by atoms with van der Waals surface area (Å²) >= 11 is 0. The number of nitrogens with zero attached hydrogens (tertiary/aromatic N) is 7. The Morgan fingerprint density at radius 1 is 0.561 bits per heavy atom. The molecule has 0 amide bonds. The molecule has 0 heterocycles. The average molecular weight is 776 g/mol. The number of benzene rings is 4. The van der Waals surface area contributed by atoms with Gasteiger partial charge in [-0.25, -0.2) is 0 Å². The number of unbranched alkanes of at least 4 members (excludes halogenated alkanes) is 9. The fraction of sp³-hybridized carbons (Fsp3) is 0.457. The van der Waals surface area contributed by atoms with Crippen molar-refractivity contribution in [2.24, 2.45) is 36.1 Å². The molecular formula is C46H61N7O4. The zero-order chi connectivity index (χ0) is 40.7. The quantitative estimate of drug-likeness (QED) is 0.0377. The lowest BCUT2D eigenvalue weighted by molar-refractivity contribution is -0.153. The predicted octanol–water partition coefficient (Wildman–Crippen LogP) is 14.7. The van der Waals surface area contributed by atoms with Gasteiger partial charge in [0, 0.05) is 24.4 Å². The first-order chi connectivity index (χ1) is 27.8. The summed E-state index contributed by atoms with van der Waals surface area (Å²) in [5.74, 6) is 0.796. The van der Waals surface area contributed by atoms with E-state index in [2.05, 4.69) is 42.5 Å². The summed E-state index contributed by atoms with van der Waals surface area (Å²) in [7, 11) is 3.14. The van der Waals surface area contributed by atoms with Crippen molar-refractivity contribution < 1.29 is 19.0 Å². The lowest BCUT2D eigenvalue weighted by Crippen LogP contribution is -2.32. The molecule has 0 aliphatic carbocycles. The van der Waals surface area contributed by atoms with E-state index in [1.165, 1.54) is 57.8 Å². The Bertz CT molecular complexity index is 1860. The minimum Gasteiger partial charge on any atom is -0.494 e. The molecule has 4 aromatic carbocycles. The minimum absolute atomic E-state index is 0.156. The van der Waals surface area contributed by atoms with Crippen LogP contribution in [-0.2, 0) is 9.53 Å². The third-order valence-electron chi connectivity index (χ3n) is 9.94. The minimum atomic E-state index is -0.490. The van der Waals surface area contributed by atoms with Gasteiger partial charge in [0.15, 0.2) is 0 Å². The van der Waals surface area contributed by atoms with Crippen molar-refractivity contribution in [2.75, 3.05) is 38.8 Å². The van der Waals surface area contributed by atoms with Crippen molar-refractivity contribution in [2.45, 2.75) is 98.3 Å². The summed E-state index contributed by atoms with van der Waals surface area (Å²) in [5, 5.41) is 26.4. The molecule has 0 N–H and O–H groups in total. The second-order valence-electron chi connectivity index (χ2n) is 14.7. The van der Waals surface area contributed by atoms with E-state index in [1.54, 1.807) is 26.4 Å². The van der Waals surface area contributed by atoms with Crippen LogP contribution in [0.4, 0.5) is 39.8 Å². The second-order valence-corrected chi connectivity index (χ2v) is 14.7. The number of carbonyl (C=O) groups excluding carboxylic acids is 1. The fourth-order valence-corrected chi connectivity index (χ4v) is 5.92. The first-order valence-electron chi connectivity index (χ1n) is 20.4. The molecule has 0 unspecified atom stereocenters. The third-order valence-corrected chi connectivity index (χ3v) is 9.94. The Labute approximate surface area is 339 Å². The van der Waals surface area contributed by atoms with E-state index in [1.807, 2.05) is 99.6 Å². The molecule has 0 bridgehead atoms. The van der Waals surface area contributed by atoms with Gasteiger partial charge >= 0.3 is 5.97 Å². The zero-order valence-electron chi connectivity index (χ0n) is 34.8. The lowest BCUT2D eigenvalue weighted by atomic mass is 9.91. The van der Waals surface area contributed by atoms with Gasteiger partial charge in [0.05, 0.1) is 48.9 Å². The van der Waals surface area contributed by atoms with Crippen LogP contribution < -0.4 is 14.4 Å². The Kier molecular flexibility index (Phi) is 18.8. The first kappa shape index (κ1) is 44.3. The maximum atomic E-state index is 12.7. The summed E-state index contributed by atoms with van der Waals surface area (Å²) < 4.78 is 17.0. The highest BCUT2D eigenvalue weighted by atomic mass is 16.5. The summed E-state index contributed by atoms with van der Waals surface area (Å²) in [6.07, 6.45) is 13.5. The molecule has 11 heteroatoms. The molecule has 0 radical (unpaired) electrons. The van der Waals surface area contributed by atoms with Crippen LogP contribution in [0.1, 0.15) is 98.3 Å². The van der Waals surface area contributed by atoms with Crippen molar-refractivity contribution >= 4 is 45.8 Å². The third kappa shape index (κ3) is 15.2. The van der Waals surface area contributed by atoms with Crippen LogP contribution in [0, 0.1) is 5.41 Å². The van der Waals surface area contributed by atoms with Gasteiger partial charge in [0.25, 0.3) is 0 Å². The second kappa shape index (κ2) is 24.2. The highest BCUT2D eigenvalue weighted by Gasteiger charge is 2.27. The van der Waals surface area contributed by atoms with Crippen LogP contribution in [0.25, 0.3) is 0 Å². The highest BCUT2D eigenvalue weighted by Crippen LogP contribution is 2.41. The Morgan fingerprint density at radius 3 is 1.47 bits per heavy atom. The van der Waals surface area contributed by atoms with E-state index in [4.69, 9.17) is 14.2 Å². The van der Waals surface area contributed by atoms with Gasteiger partial charge < -0.3 is 19.1 Å². The molecule has 0 aliphatic heterocycles. The van der Waals surface area contributed by atoms with Crippen LogP contribution >= 0.6 is 0 Å². The van der Waals surface area contributed by atoms with Gasteiger partial charge in [-0.1, -0.05) is 89.8 Å². The summed E-state index contributed by atoms with van der Waals surface area (Å²) in [5.41, 5.74) is 4.35. The number of esters is 1. The maximum Gasteiger partial charge on any atom is 0.311 e. The molecule has 57 heavy (non-hydrogen) atoms. The fourth-order valence-electron chi connectivity index (χ4n) is 5.92. The van der Waals surface area contributed by atoms with Crippen LogP contribution in [-0.4, -0.2) is 39.9 Å². The van der Waals surface area contributed by atoms with Crippen molar-refractivity contribution in [1.82, 2.24) is 0 Å². The first-order valence-corrected chi connectivity index (χ1v) is 20.4. The molecule has 0 spiro atoms. The average Bonchev–Trinajstić information content (AvgIpc) is 3.24. The topological polar surface area (TPSA) is 122 Å². The van der Waals surface area contributed by atoms with Crippen molar-refractivity contribution in [3.8, 4) is 11.5 Å². The normalized spacial score (nSPS) is 11.8. The molecule has 0 fully saturated rings. The summed E-state index contributed by atoms with van der Waals surface area (Å²) in [6, 6.07) is 28.3. The summed E-state index contributed by atoms with van der Waals surface area (Å²) in [6.45, 7) is 9.98. The smallest absolute Gasteiger partial charge is 0.311 e. The molecule has 0 aromatic heterocycles. The molecule has 11 nitrogen and oxygen atoms in total. The van der Waals surface area contributed by atoms with Crippen LogP contribution in [0.15, 0.2) is 122 Å². The molecule has 0 saturated heterocycles. The standard InChI is InChI=1S/C46H61N7O4/c1-7-9-10-11-12-13-14-15-16-20-31-53(32-33-57-45(54)46(3,4)8-2)40-29-27-39(28-30-40)50-52-42-35-43(55-5)41(34-44(42)56-6)51-49-38-25-23-37(24-26-38)48-47-36-21-18-17-19-22-36/h17-19,21-30,34-35H,7-16,20,31-33H2,1-6H3. The maximum absolute atomic E-state index is 12.7. The van der Waals surface area contributed by atoms with Crippen LogP contribution in [0.3, 0.4) is 0 Å². The number of hydrogen-bond acceptors (Lipinski definition) is 11. The number of hydrogen-bond donors (Lipinski definition) is 0. The Balaban J connectivity index is 1.38. The SMILES string of the molecule is CCCCCCCCCCCCN(CCOC(=O)C(C)(C)CC)c1ccc(N=Nc2cc(OC)c(N=Nc3ccc(N=Nc4ccccc4)cc3)cc2OC)cc1. The number of methoxy groups -OCH3 is 2. The molecule has 4 rings (SSSR count). The van der Waals surface area contributed by atoms with Crippen molar-refractivity contribution in [1.29, 1.82) is 0 Å².